The van der Waals surface area contributed by atoms with Gasteiger partial charge in [-0.2, -0.15) is 5.26 Å². The fourth-order valence-electron chi connectivity index (χ4n) is 1.66. The summed E-state index contributed by atoms with van der Waals surface area (Å²) in [4.78, 5) is 0. The van der Waals surface area contributed by atoms with Crippen molar-refractivity contribution in [2.45, 2.75) is 51.2 Å². The van der Waals surface area contributed by atoms with Crippen molar-refractivity contribution in [2.24, 2.45) is 0 Å². The summed E-state index contributed by atoms with van der Waals surface area (Å²) in [6.07, 6.45) is 0.828. The van der Waals surface area contributed by atoms with Crippen molar-refractivity contribution >= 4 is 11.4 Å². The van der Waals surface area contributed by atoms with Gasteiger partial charge in [-0.25, -0.2) is 0 Å². The molecule has 1 atom stereocenters. The summed E-state index contributed by atoms with van der Waals surface area (Å²) in [7, 11) is 0. The molecule has 0 aliphatic rings. The molecule has 0 unspecified atom stereocenters. The lowest BCUT2D eigenvalue weighted by Crippen LogP contribution is -2.40. The zero-order chi connectivity index (χ0) is 15.4. The Balaban J connectivity index is 2.54. The van der Waals surface area contributed by atoms with Crippen LogP contribution in [0.4, 0.5) is 0 Å². The summed E-state index contributed by atoms with van der Waals surface area (Å²) in [6, 6.07) is 10.4. The molecule has 1 aromatic rings. The van der Waals surface area contributed by atoms with Gasteiger partial charge in [0, 0.05) is 17.9 Å². The van der Waals surface area contributed by atoms with Crippen molar-refractivity contribution in [3.63, 3.8) is 0 Å². The third-order valence-corrected chi connectivity index (χ3v) is 4.74. The summed E-state index contributed by atoms with van der Waals surface area (Å²) >= 11 is -1.02. The molecule has 3 nitrogen and oxygen atoms in total. The lowest BCUT2D eigenvalue weighted by Gasteiger charge is -2.23. The lowest BCUT2D eigenvalue weighted by atomic mass is 9.86. The second-order valence-electron chi connectivity index (χ2n) is 6.46. The molecule has 0 saturated heterocycles. The van der Waals surface area contributed by atoms with E-state index in [2.05, 4.69) is 10.8 Å². The molecule has 0 saturated carbocycles. The number of nitriles is 1. The van der Waals surface area contributed by atoms with Gasteiger partial charge in [0.2, 0.25) is 0 Å². The minimum absolute atomic E-state index is 0.235. The van der Waals surface area contributed by atoms with Gasteiger partial charge in [0.1, 0.15) is 4.75 Å². The average Bonchev–Trinajstić information content (AvgIpc) is 2.38. The number of hydrogen-bond donors (Lipinski definition) is 1. The molecule has 0 aromatic heterocycles. The Labute approximate surface area is 125 Å². The van der Waals surface area contributed by atoms with Gasteiger partial charge in [-0.1, -0.05) is 24.3 Å². The highest BCUT2D eigenvalue weighted by Gasteiger charge is 2.25. The van der Waals surface area contributed by atoms with Gasteiger partial charge in [-0.15, -0.1) is 4.72 Å². The zero-order valence-corrected chi connectivity index (χ0v) is 13.8. The number of benzene rings is 1. The largest absolute Gasteiger partial charge is 0.598 e. The average molecular weight is 292 g/mol. The molecule has 0 amide bonds. The van der Waals surface area contributed by atoms with Crippen LogP contribution in [0.5, 0.6) is 0 Å². The smallest absolute Gasteiger partial charge is 0.136 e. The molecule has 20 heavy (non-hydrogen) atoms. The highest BCUT2D eigenvalue weighted by molar-refractivity contribution is 7.90. The molecular weight excluding hydrogens is 268 g/mol. The molecule has 0 radical (unpaired) electrons. The van der Waals surface area contributed by atoms with Crippen LogP contribution in [-0.2, 0) is 23.2 Å². The van der Waals surface area contributed by atoms with Gasteiger partial charge >= 0.3 is 0 Å². The Kier molecular flexibility index (Phi) is 5.64. The number of nitrogens with one attached hydrogen (secondary N) is 1. The van der Waals surface area contributed by atoms with Crippen LogP contribution in [0.1, 0.15) is 45.7 Å². The molecule has 1 N–H and O–H groups in total. The fraction of sp³-hybridized carbons (Fsp3) is 0.562. The van der Waals surface area contributed by atoms with E-state index in [9.17, 15) is 4.55 Å². The summed E-state index contributed by atoms with van der Waals surface area (Å²) in [5.74, 6) is 0. The van der Waals surface area contributed by atoms with Crippen molar-refractivity contribution in [1.82, 2.24) is 4.72 Å². The highest BCUT2D eigenvalue weighted by atomic mass is 32.2. The van der Waals surface area contributed by atoms with E-state index in [1.807, 2.05) is 58.9 Å². The maximum Gasteiger partial charge on any atom is 0.136 e. The van der Waals surface area contributed by atoms with E-state index >= 15 is 0 Å². The topological polar surface area (TPSA) is 58.9 Å². The van der Waals surface area contributed by atoms with Gasteiger partial charge in [0.15, 0.2) is 0 Å². The first-order chi connectivity index (χ1) is 9.16. The van der Waals surface area contributed by atoms with E-state index in [4.69, 9.17) is 5.26 Å². The maximum absolute atomic E-state index is 11.8. The summed E-state index contributed by atoms with van der Waals surface area (Å²) in [6.45, 7) is 10.4. The van der Waals surface area contributed by atoms with Crippen molar-refractivity contribution in [2.75, 3.05) is 6.54 Å². The summed E-state index contributed by atoms with van der Waals surface area (Å²) in [5.41, 5.74) is 1.75. The minimum atomic E-state index is -1.02. The molecule has 0 spiro atoms. The Bertz CT molecular complexity index is 469. The number of nitrogens with zero attached hydrogens (tertiary/aromatic N) is 1. The van der Waals surface area contributed by atoms with E-state index in [0.717, 1.165) is 12.0 Å². The van der Waals surface area contributed by atoms with E-state index < -0.39 is 16.8 Å². The number of hydrogen-bond acceptors (Lipinski definition) is 3. The molecule has 0 heterocycles. The first kappa shape index (κ1) is 17.0. The van der Waals surface area contributed by atoms with Crippen LogP contribution in [0.3, 0.4) is 0 Å². The van der Waals surface area contributed by atoms with Gasteiger partial charge < -0.3 is 4.55 Å². The van der Waals surface area contributed by atoms with Crippen LogP contribution >= 0.6 is 0 Å². The van der Waals surface area contributed by atoms with Crippen LogP contribution < -0.4 is 4.72 Å². The summed E-state index contributed by atoms with van der Waals surface area (Å²) < 4.78 is 14.7. The second kappa shape index (κ2) is 6.62. The minimum Gasteiger partial charge on any atom is -0.598 e. The summed E-state index contributed by atoms with van der Waals surface area (Å²) in [5, 5.41) is 9.10. The van der Waals surface area contributed by atoms with Crippen molar-refractivity contribution in [3.8, 4) is 6.07 Å². The predicted octanol–water partition coefficient (Wildman–Crippen LogP) is 3.08. The second-order valence-corrected chi connectivity index (χ2v) is 8.51. The molecule has 0 bridgehead atoms. The van der Waals surface area contributed by atoms with Crippen molar-refractivity contribution < 1.29 is 4.55 Å². The van der Waals surface area contributed by atoms with Crippen molar-refractivity contribution in [1.29, 1.82) is 5.26 Å². The SMILES string of the molecule is CC(C)(C#N)c1ccc(CCN[S@@+]([O-])C(C)(C)C)cc1. The zero-order valence-electron chi connectivity index (χ0n) is 13.0. The van der Waals surface area contributed by atoms with Crippen molar-refractivity contribution in [3.05, 3.63) is 35.4 Å². The van der Waals surface area contributed by atoms with Crippen LogP contribution in [-0.4, -0.2) is 15.8 Å². The van der Waals surface area contributed by atoms with Crippen LogP contribution in [0, 0.1) is 11.3 Å². The molecule has 0 aliphatic carbocycles. The van der Waals surface area contributed by atoms with E-state index in [1.165, 1.54) is 5.56 Å². The Hall–Kier alpha value is -1.02. The Morgan fingerprint density at radius 2 is 1.70 bits per heavy atom. The van der Waals surface area contributed by atoms with Gasteiger partial charge in [-0.3, -0.25) is 0 Å². The molecule has 1 rings (SSSR count). The Morgan fingerprint density at radius 1 is 1.15 bits per heavy atom. The molecule has 110 valence electrons. The molecule has 0 aliphatic heterocycles. The molecule has 4 heteroatoms. The highest BCUT2D eigenvalue weighted by Crippen LogP contribution is 2.22. The molecular formula is C16H24N2OS. The predicted molar refractivity (Wildman–Crippen MR) is 84.7 cm³/mol. The lowest BCUT2D eigenvalue weighted by molar-refractivity contribution is 0.544. The maximum atomic E-state index is 11.8. The van der Waals surface area contributed by atoms with Crippen LogP contribution in [0.2, 0.25) is 0 Å². The Morgan fingerprint density at radius 3 is 2.15 bits per heavy atom. The molecule has 1 aromatic carbocycles. The standard InChI is InChI=1S/C16H24N2OS/c1-15(2,3)20(19)18-11-10-13-6-8-14(9-7-13)16(4,5)12-17/h6-9,18H,10-11H2,1-5H3/t20-/m0/s1. The van der Waals surface area contributed by atoms with Crippen LogP contribution in [0.15, 0.2) is 24.3 Å². The van der Waals surface area contributed by atoms with Gasteiger partial charge in [-0.05, 0) is 52.2 Å². The van der Waals surface area contributed by atoms with Gasteiger partial charge in [0.25, 0.3) is 0 Å². The first-order valence-corrected chi connectivity index (χ1v) is 7.98. The van der Waals surface area contributed by atoms with Gasteiger partial charge in [0.05, 0.1) is 11.5 Å². The van der Waals surface area contributed by atoms with E-state index in [-0.39, 0.29) is 4.75 Å². The fourth-order valence-corrected chi connectivity index (χ4v) is 2.38. The van der Waals surface area contributed by atoms with E-state index in [0.29, 0.717) is 6.54 Å². The monoisotopic (exact) mass is 292 g/mol. The van der Waals surface area contributed by atoms with E-state index in [1.54, 1.807) is 0 Å². The quantitative estimate of drug-likeness (QED) is 0.848. The number of rotatable bonds is 5. The molecule has 0 fully saturated rings. The first-order valence-electron chi connectivity index (χ1n) is 6.83. The van der Waals surface area contributed by atoms with Crippen LogP contribution in [0.25, 0.3) is 0 Å². The normalized spacial score (nSPS) is 13.8. The third kappa shape index (κ3) is 4.82. The third-order valence-electron chi connectivity index (χ3n) is 3.16.